The minimum atomic E-state index is -0.423. The third-order valence-corrected chi connectivity index (χ3v) is 2.82. The summed E-state index contributed by atoms with van der Waals surface area (Å²) in [4.78, 5) is 11.5. The molecule has 1 aromatic rings. The summed E-state index contributed by atoms with van der Waals surface area (Å²) in [5.74, 6) is -0.423. The molecule has 1 aliphatic rings. The Morgan fingerprint density at radius 1 is 1.75 bits per heavy atom. The topological polar surface area (TPSA) is 90.4 Å². The van der Waals surface area contributed by atoms with E-state index in [-0.39, 0.29) is 18.7 Å². The van der Waals surface area contributed by atoms with E-state index in [0.717, 1.165) is 0 Å². The highest BCUT2D eigenvalue weighted by molar-refractivity contribution is 5.87. The number of aliphatic hydroxyl groups excluding tert-OH is 1. The molecule has 0 aliphatic heterocycles. The summed E-state index contributed by atoms with van der Waals surface area (Å²) in [6.07, 6.45) is 0.951. The van der Waals surface area contributed by atoms with Crippen LogP contribution in [0.4, 0.5) is 0 Å². The fourth-order valence-corrected chi connectivity index (χ4v) is 1.84. The second-order valence-corrected chi connectivity index (χ2v) is 3.94. The molecule has 0 saturated heterocycles. The number of aromatic nitrogens is 2. The van der Waals surface area contributed by atoms with Gasteiger partial charge < -0.3 is 15.6 Å². The van der Waals surface area contributed by atoms with Gasteiger partial charge in [0.2, 0.25) is 0 Å². The number of rotatable bonds is 3. The maximum Gasteiger partial charge on any atom is 0.356 e. The van der Waals surface area contributed by atoms with E-state index in [1.165, 1.54) is 7.11 Å². The van der Waals surface area contributed by atoms with Crippen molar-refractivity contribution < 1.29 is 14.6 Å². The number of carbonyl (C=O) groups excluding carboxylic acids is 1. The molecule has 1 saturated carbocycles. The first-order chi connectivity index (χ1) is 7.65. The molecule has 6 heteroatoms. The molecule has 0 aromatic carbocycles. The lowest BCUT2D eigenvalue weighted by Crippen LogP contribution is -2.33. The van der Waals surface area contributed by atoms with Crippen molar-refractivity contribution in [3.05, 3.63) is 17.5 Å². The normalized spacial score (nSPS) is 23.9. The van der Waals surface area contributed by atoms with E-state index in [0.29, 0.717) is 24.2 Å². The summed E-state index contributed by atoms with van der Waals surface area (Å²) >= 11 is 0. The predicted molar refractivity (Wildman–Crippen MR) is 55.7 cm³/mol. The van der Waals surface area contributed by atoms with Gasteiger partial charge in [0.25, 0.3) is 0 Å². The van der Waals surface area contributed by atoms with E-state index >= 15 is 0 Å². The fraction of sp³-hybridized carbons (Fsp3) is 0.600. The zero-order valence-corrected chi connectivity index (χ0v) is 9.09. The van der Waals surface area contributed by atoms with Gasteiger partial charge in [-0.1, -0.05) is 0 Å². The van der Waals surface area contributed by atoms with Crippen LogP contribution in [-0.2, 0) is 11.3 Å². The highest BCUT2D eigenvalue weighted by Gasteiger charge is 2.32. The van der Waals surface area contributed by atoms with Crippen LogP contribution >= 0.6 is 0 Å². The molecular formula is C10H15N3O3. The van der Waals surface area contributed by atoms with Gasteiger partial charge >= 0.3 is 5.97 Å². The number of ether oxygens (including phenoxy) is 1. The van der Waals surface area contributed by atoms with Gasteiger partial charge in [0.15, 0.2) is 0 Å². The Hall–Kier alpha value is -1.40. The van der Waals surface area contributed by atoms with Crippen molar-refractivity contribution in [1.29, 1.82) is 0 Å². The molecule has 16 heavy (non-hydrogen) atoms. The molecule has 2 rings (SSSR count). The van der Waals surface area contributed by atoms with Gasteiger partial charge in [-0.05, 0) is 18.9 Å². The minimum absolute atomic E-state index is 0.0735. The Balaban J connectivity index is 2.27. The Kier molecular flexibility index (Phi) is 2.93. The largest absolute Gasteiger partial charge is 0.464 e. The summed E-state index contributed by atoms with van der Waals surface area (Å²) < 4.78 is 6.29. The van der Waals surface area contributed by atoms with Gasteiger partial charge in [-0.3, -0.25) is 4.68 Å². The maximum absolute atomic E-state index is 11.5. The molecular weight excluding hydrogens is 210 g/mol. The lowest BCUT2D eigenvalue weighted by molar-refractivity contribution is 0.0371. The highest BCUT2D eigenvalue weighted by atomic mass is 16.5. The molecule has 0 amide bonds. The smallest absolute Gasteiger partial charge is 0.356 e. The zero-order valence-electron chi connectivity index (χ0n) is 9.09. The van der Waals surface area contributed by atoms with Gasteiger partial charge in [-0.15, -0.1) is 0 Å². The van der Waals surface area contributed by atoms with Crippen molar-refractivity contribution in [2.45, 2.75) is 31.5 Å². The van der Waals surface area contributed by atoms with Crippen molar-refractivity contribution >= 4 is 5.97 Å². The first kappa shape index (κ1) is 11.1. The molecule has 1 heterocycles. The molecule has 6 nitrogen and oxygen atoms in total. The van der Waals surface area contributed by atoms with Gasteiger partial charge in [0.1, 0.15) is 5.69 Å². The molecule has 0 unspecified atom stereocenters. The predicted octanol–water partition coefficient (Wildman–Crippen LogP) is -0.176. The standard InChI is InChI=1S/C10H15N3O3/c1-16-10(15)9-2-6(5-11)12-13(9)7-3-8(14)4-7/h2,7-8,14H,3-5,11H2,1H3/t7-,8-. The van der Waals surface area contributed by atoms with E-state index in [4.69, 9.17) is 5.73 Å². The maximum atomic E-state index is 11.5. The van der Waals surface area contributed by atoms with Crippen molar-refractivity contribution in [3.63, 3.8) is 0 Å². The van der Waals surface area contributed by atoms with Gasteiger partial charge in [-0.2, -0.15) is 5.10 Å². The first-order valence-electron chi connectivity index (χ1n) is 5.20. The van der Waals surface area contributed by atoms with Crippen LogP contribution in [-0.4, -0.2) is 34.1 Å². The molecule has 0 atom stereocenters. The third kappa shape index (κ3) is 1.81. The fourth-order valence-electron chi connectivity index (χ4n) is 1.84. The van der Waals surface area contributed by atoms with Crippen LogP contribution in [0.2, 0.25) is 0 Å². The molecule has 88 valence electrons. The van der Waals surface area contributed by atoms with Crippen LogP contribution in [0, 0.1) is 0 Å². The summed E-state index contributed by atoms with van der Waals surface area (Å²) in [5, 5.41) is 13.5. The van der Waals surface area contributed by atoms with E-state index in [1.807, 2.05) is 0 Å². The van der Waals surface area contributed by atoms with Crippen LogP contribution in [0.3, 0.4) is 0 Å². The van der Waals surface area contributed by atoms with Crippen molar-refractivity contribution in [2.24, 2.45) is 5.73 Å². The lowest BCUT2D eigenvalue weighted by atomic mass is 9.89. The van der Waals surface area contributed by atoms with Crippen LogP contribution in [0.1, 0.15) is 35.1 Å². The number of aliphatic hydroxyl groups is 1. The number of carbonyl (C=O) groups is 1. The second-order valence-electron chi connectivity index (χ2n) is 3.94. The van der Waals surface area contributed by atoms with Crippen LogP contribution in [0.5, 0.6) is 0 Å². The number of esters is 1. The van der Waals surface area contributed by atoms with Crippen LogP contribution < -0.4 is 5.73 Å². The number of hydrogen-bond donors (Lipinski definition) is 2. The lowest BCUT2D eigenvalue weighted by Gasteiger charge is -2.32. The average Bonchev–Trinajstić information content (AvgIpc) is 2.67. The molecule has 1 fully saturated rings. The molecule has 1 aliphatic carbocycles. The average molecular weight is 225 g/mol. The van der Waals surface area contributed by atoms with Crippen LogP contribution in [0.25, 0.3) is 0 Å². The highest BCUT2D eigenvalue weighted by Crippen LogP contribution is 2.32. The number of hydrogen-bond acceptors (Lipinski definition) is 5. The van der Waals surface area contributed by atoms with Gasteiger partial charge in [0, 0.05) is 6.54 Å². The van der Waals surface area contributed by atoms with Crippen molar-refractivity contribution in [3.8, 4) is 0 Å². The second kappa shape index (κ2) is 4.23. The number of nitrogens with two attached hydrogens (primary N) is 1. The monoisotopic (exact) mass is 225 g/mol. The summed E-state index contributed by atoms with van der Waals surface area (Å²) in [6.45, 7) is 0.284. The van der Waals surface area contributed by atoms with Crippen molar-refractivity contribution in [2.75, 3.05) is 7.11 Å². The Bertz CT molecular complexity index is 396. The third-order valence-electron chi connectivity index (χ3n) is 2.82. The van der Waals surface area contributed by atoms with Crippen molar-refractivity contribution in [1.82, 2.24) is 9.78 Å². The zero-order chi connectivity index (χ0) is 11.7. The van der Waals surface area contributed by atoms with Gasteiger partial charge in [0.05, 0.1) is 24.9 Å². The molecule has 0 spiro atoms. The number of nitrogens with zero attached hydrogens (tertiary/aromatic N) is 2. The van der Waals surface area contributed by atoms with E-state index in [2.05, 4.69) is 9.84 Å². The Morgan fingerprint density at radius 3 is 2.94 bits per heavy atom. The molecule has 0 bridgehead atoms. The minimum Gasteiger partial charge on any atom is -0.464 e. The van der Waals surface area contributed by atoms with E-state index in [9.17, 15) is 9.90 Å². The molecule has 1 aromatic heterocycles. The quantitative estimate of drug-likeness (QED) is 0.697. The molecule has 3 N–H and O–H groups in total. The summed E-state index contributed by atoms with van der Waals surface area (Å²) in [7, 11) is 1.33. The Labute approximate surface area is 93.0 Å². The molecule has 0 radical (unpaired) electrons. The Morgan fingerprint density at radius 2 is 2.44 bits per heavy atom. The summed E-state index contributed by atoms with van der Waals surface area (Å²) in [6, 6.07) is 1.71. The SMILES string of the molecule is COC(=O)c1cc(CN)nn1[C@H]1C[C@H](O)C1. The van der Waals surface area contributed by atoms with Crippen LogP contribution in [0.15, 0.2) is 6.07 Å². The first-order valence-corrected chi connectivity index (χ1v) is 5.20. The summed E-state index contributed by atoms with van der Waals surface area (Å²) in [5.41, 5.74) is 6.54. The number of methoxy groups -OCH3 is 1. The van der Waals surface area contributed by atoms with E-state index < -0.39 is 5.97 Å². The van der Waals surface area contributed by atoms with E-state index in [1.54, 1.807) is 10.7 Å². The van der Waals surface area contributed by atoms with Gasteiger partial charge in [-0.25, -0.2) is 4.79 Å².